The van der Waals surface area contributed by atoms with E-state index in [2.05, 4.69) is 25.1 Å². The van der Waals surface area contributed by atoms with Crippen LogP contribution in [-0.4, -0.2) is 45.8 Å². The van der Waals surface area contributed by atoms with E-state index in [0.29, 0.717) is 29.6 Å². The van der Waals surface area contributed by atoms with Gasteiger partial charge in [0.25, 0.3) is 0 Å². The Morgan fingerprint density at radius 1 is 1.07 bits per heavy atom. The first-order valence-electron chi connectivity index (χ1n) is 8.50. The maximum Gasteiger partial charge on any atom is 0.244 e. The predicted molar refractivity (Wildman–Crippen MR) is 102 cm³/mol. The minimum atomic E-state index is -3.62. The fraction of sp³-hybridized carbons (Fsp3) is 0.353. The van der Waals surface area contributed by atoms with Gasteiger partial charge in [-0.1, -0.05) is 0 Å². The molecule has 0 aliphatic heterocycles. The highest BCUT2D eigenvalue weighted by molar-refractivity contribution is 7.89. The number of aryl methyl sites for hydroxylation is 3. The van der Waals surface area contributed by atoms with E-state index in [0.717, 1.165) is 5.82 Å². The SMILES string of the molecule is Cc1nc(NCCNS(=O)(=O)c2c(C)nn(C)c2C)cc(-n2cccc2)n1. The number of sulfonamides is 1. The number of nitrogens with one attached hydrogen (secondary N) is 2. The quantitative estimate of drug-likeness (QED) is 0.590. The summed E-state index contributed by atoms with van der Waals surface area (Å²) in [6.07, 6.45) is 3.80. The number of hydrogen-bond acceptors (Lipinski definition) is 6. The van der Waals surface area contributed by atoms with E-state index in [1.165, 1.54) is 0 Å². The maximum atomic E-state index is 12.5. The molecule has 0 fully saturated rings. The van der Waals surface area contributed by atoms with E-state index in [9.17, 15) is 8.42 Å². The molecule has 3 heterocycles. The Balaban J connectivity index is 1.64. The van der Waals surface area contributed by atoms with Crippen molar-refractivity contribution in [2.45, 2.75) is 25.7 Å². The van der Waals surface area contributed by atoms with Crippen molar-refractivity contribution in [1.29, 1.82) is 0 Å². The summed E-state index contributed by atoms with van der Waals surface area (Å²) in [4.78, 5) is 8.97. The third kappa shape index (κ3) is 4.17. The predicted octanol–water partition coefficient (Wildman–Crippen LogP) is 1.32. The Morgan fingerprint density at radius 3 is 2.41 bits per heavy atom. The molecule has 0 atom stereocenters. The zero-order valence-corrected chi connectivity index (χ0v) is 16.6. The Kier molecular flexibility index (Phi) is 5.29. The Hall–Kier alpha value is -2.72. The lowest BCUT2D eigenvalue weighted by Crippen LogP contribution is -2.29. The standard InChI is InChI=1S/C17H23N7O2S/c1-12-17(13(2)23(4)22-12)27(25,26)19-8-7-18-15-11-16(21-14(3)20-15)24-9-5-6-10-24/h5-6,9-11,19H,7-8H2,1-4H3,(H,18,20,21). The molecule has 0 spiro atoms. The molecular formula is C17H23N7O2S. The van der Waals surface area contributed by atoms with E-state index in [4.69, 9.17) is 0 Å². The normalized spacial score (nSPS) is 11.7. The molecule has 3 rings (SSSR count). The van der Waals surface area contributed by atoms with Gasteiger partial charge in [-0.05, 0) is 32.9 Å². The molecule has 3 aromatic heterocycles. The minimum absolute atomic E-state index is 0.220. The lowest BCUT2D eigenvalue weighted by atomic mass is 10.4. The molecule has 0 saturated carbocycles. The summed E-state index contributed by atoms with van der Waals surface area (Å²) in [7, 11) is -1.89. The number of anilines is 1. The fourth-order valence-corrected chi connectivity index (χ4v) is 4.32. The second-order valence-corrected chi connectivity index (χ2v) is 7.90. The van der Waals surface area contributed by atoms with Crippen LogP contribution >= 0.6 is 0 Å². The van der Waals surface area contributed by atoms with Crippen molar-refractivity contribution in [3.05, 3.63) is 47.8 Å². The lowest BCUT2D eigenvalue weighted by Gasteiger charge is -2.10. The Bertz CT molecular complexity index is 1040. The van der Waals surface area contributed by atoms with Crippen LogP contribution in [0.4, 0.5) is 5.82 Å². The van der Waals surface area contributed by atoms with Crippen LogP contribution in [-0.2, 0) is 17.1 Å². The van der Waals surface area contributed by atoms with Gasteiger partial charge in [0.05, 0.1) is 11.4 Å². The van der Waals surface area contributed by atoms with Crippen LogP contribution in [0.3, 0.4) is 0 Å². The van der Waals surface area contributed by atoms with Crippen molar-refractivity contribution >= 4 is 15.8 Å². The van der Waals surface area contributed by atoms with Crippen LogP contribution in [0, 0.1) is 20.8 Å². The van der Waals surface area contributed by atoms with Gasteiger partial charge < -0.3 is 9.88 Å². The molecule has 3 aromatic rings. The van der Waals surface area contributed by atoms with E-state index < -0.39 is 10.0 Å². The van der Waals surface area contributed by atoms with Gasteiger partial charge in [-0.15, -0.1) is 0 Å². The zero-order chi connectivity index (χ0) is 19.6. The summed E-state index contributed by atoms with van der Waals surface area (Å²) in [5, 5.41) is 7.29. The van der Waals surface area contributed by atoms with Crippen molar-refractivity contribution in [1.82, 2.24) is 29.0 Å². The minimum Gasteiger partial charge on any atom is -0.369 e. The molecule has 0 saturated heterocycles. The topological polar surface area (TPSA) is 107 Å². The summed E-state index contributed by atoms with van der Waals surface area (Å²) in [6.45, 7) is 5.84. The van der Waals surface area contributed by atoms with Crippen molar-refractivity contribution in [2.24, 2.45) is 7.05 Å². The van der Waals surface area contributed by atoms with Crippen molar-refractivity contribution in [3.63, 3.8) is 0 Å². The monoisotopic (exact) mass is 389 g/mol. The van der Waals surface area contributed by atoms with Gasteiger partial charge in [0.15, 0.2) is 0 Å². The maximum absolute atomic E-state index is 12.5. The van der Waals surface area contributed by atoms with Crippen molar-refractivity contribution in [3.8, 4) is 5.82 Å². The van der Waals surface area contributed by atoms with Crippen LogP contribution in [0.25, 0.3) is 5.82 Å². The molecule has 0 aliphatic carbocycles. The first-order chi connectivity index (χ1) is 12.8. The highest BCUT2D eigenvalue weighted by Gasteiger charge is 2.23. The summed E-state index contributed by atoms with van der Waals surface area (Å²) in [5.41, 5.74) is 1.09. The average Bonchev–Trinajstić information content (AvgIpc) is 3.20. The summed E-state index contributed by atoms with van der Waals surface area (Å²) < 4.78 is 31.1. The van der Waals surface area contributed by atoms with E-state index >= 15 is 0 Å². The van der Waals surface area contributed by atoms with Crippen LogP contribution < -0.4 is 10.0 Å². The average molecular weight is 389 g/mol. The van der Waals surface area contributed by atoms with E-state index in [1.807, 2.05) is 42.1 Å². The molecule has 0 bridgehead atoms. The highest BCUT2D eigenvalue weighted by Crippen LogP contribution is 2.18. The van der Waals surface area contributed by atoms with E-state index in [1.54, 1.807) is 25.6 Å². The fourth-order valence-electron chi connectivity index (χ4n) is 2.85. The molecule has 144 valence electrons. The smallest absolute Gasteiger partial charge is 0.244 e. The Morgan fingerprint density at radius 2 is 1.78 bits per heavy atom. The molecule has 0 unspecified atom stereocenters. The van der Waals surface area contributed by atoms with Crippen LogP contribution in [0.15, 0.2) is 35.5 Å². The molecule has 27 heavy (non-hydrogen) atoms. The van der Waals surface area contributed by atoms with Crippen LogP contribution in [0.2, 0.25) is 0 Å². The summed E-state index contributed by atoms with van der Waals surface area (Å²) in [6, 6.07) is 5.65. The van der Waals surface area contributed by atoms with E-state index in [-0.39, 0.29) is 11.4 Å². The van der Waals surface area contributed by atoms with Gasteiger partial charge >= 0.3 is 0 Å². The van der Waals surface area contributed by atoms with Gasteiger partial charge in [0.1, 0.15) is 22.4 Å². The van der Waals surface area contributed by atoms with Gasteiger partial charge in [0, 0.05) is 38.6 Å². The number of rotatable bonds is 7. The number of nitrogens with zero attached hydrogens (tertiary/aromatic N) is 5. The van der Waals surface area contributed by atoms with Crippen molar-refractivity contribution < 1.29 is 8.42 Å². The third-order valence-corrected chi connectivity index (χ3v) is 5.84. The molecule has 9 nitrogen and oxygen atoms in total. The number of aromatic nitrogens is 5. The molecular weight excluding hydrogens is 366 g/mol. The largest absolute Gasteiger partial charge is 0.369 e. The summed E-state index contributed by atoms with van der Waals surface area (Å²) in [5.74, 6) is 2.02. The first-order valence-corrected chi connectivity index (χ1v) is 9.99. The van der Waals surface area contributed by atoms with Gasteiger partial charge in [-0.2, -0.15) is 5.10 Å². The van der Waals surface area contributed by atoms with Gasteiger partial charge in [-0.25, -0.2) is 23.1 Å². The molecule has 0 aromatic carbocycles. The molecule has 0 aliphatic rings. The third-order valence-electron chi connectivity index (χ3n) is 4.13. The zero-order valence-electron chi connectivity index (χ0n) is 15.8. The molecule has 0 amide bonds. The second-order valence-electron chi connectivity index (χ2n) is 6.20. The lowest BCUT2D eigenvalue weighted by molar-refractivity contribution is 0.581. The molecule has 10 heteroatoms. The van der Waals surface area contributed by atoms with Gasteiger partial charge in [0.2, 0.25) is 10.0 Å². The molecule has 0 radical (unpaired) electrons. The van der Waals surface area contributed by atoms with Crippen LogP contribution in [0.1, 0.15) is 17.2 Å². The highest BCUT2D eigenvalue weighted by atomic mass is 32.2. The molecule has 2 N–H and O–H groups in total. The number of hydrogen-bond donors (Lipinski definition) is 2. The van der Waals surface area contributed by atoms with Crippen LogP contribution in [0.5, 0.6) is 0 Å². The first kappa shape index (κ1) is 19.1. The Labute approximate surface area is 158 Å². The van der Waals surface area contributed by atoms with Crippen molar-refractivity contribution in [2.75, 3.05) is 18.4 Å². The van der Waals surface area contributed by atoms with Gasteiger partial charge in [-0.3, -0.25) is 4.68 Å². The second kappa shape index (κ2) is 7.49. The summed E-state index contributed by atoms with van der Waals surface area (Å²) >= 11 is 0.